The largest absolute Gasteiger partial charge is 0.468 e. The molecule has 1 atom stereocenters. The summed E-state index contributed by atoms with van der Waals surface area (Å²) in [7, 11) is 5.09. The van der Waals surface area contributed by atoms with Gasteiger partial charge in [-0.3, -0.25) is 9.69 Å². The van der Waals surface area contributed by atoms with Crippen molar-refractivity contribution in [2.45, 2.75) is 6.04 Å². The van der Waals surface area contributed by atoms with Gasteiger partial charge in [-0.25, -0.2) is 4.79 Å². The van der Waals surface area contributed by atoms with E-state index < -0.39 is 6.04 Å². The first-order valence-electron chi connectivity index (χ1n) is 9.29. The quantitative estimate of drug-likeness (QED) is 0.687. The van der Waals surface area contributed by atoms with E-state index in [9.17, 15) is 9.59 Å². The van der Waals surface area contributed by atoms with Gasteiger partial charge < -0.3 is 14.5 Å². The third-order valence-electron chi connectivity index (χ3n) is 4.92. The molecule has 0 N–H and O–H groups in total. The zero-order valence-corrected chi connectivity index (χ0v) is 17.5. The Bertz CT molecular complexity index is 867. The van der Waals surface area contributed by atoms with Crippen molar-refractivity contribution in [2.75, 3.05) is 52.3 Å². The number of nitrogens with zero attached hydrogens (tertiary/aromatic N) is 5. The number of benzene rings is 1. The number of carbonyl (C=O) groups excluding carboxylic acids is 2. The molecule has 0 aliphatic carbocycles. The van der Waals surface area contributed by atoms with Crippen LogP contribution in [0.4, 0.5) is 5.82 Å². The Morgan fingerprint density at radius 1 is 1.07 bits per heavy atom. The minimum atomic E-state index is -0.606. The molecule has 1 amide bonds. The maximum Gasteiger partial charge on any atom is 0.327 e. The summed E-state index contributed by atoms with van der Waals surface area (Å²) in [6.07, 6.45) is 0. The predicted octanol–water partition coefficient (Wildman–Crippen LogP) is 1.87. The number of piperazine rings is 1. The molecular formula is C20H24ClN5O3. The van der Waals surface area contributed by atoms with Crippen molar-refractivity contribution in [3.63, 3.8) is 0 Å². The number of rotatable bonds is 5. The highest BCUT2D eigenvalue weighted by atomic mass is 35.5. The van der Waals surface area contributed by atoms with E-state index in [1.165, 1.54) is 7.11 Å². The van der Waals surface area contributed by atoms with E-state index in [1.54, 1.807) is 23.1 Å². The first-order valence-corrected chi connectivity index (χ1v) is 9.66. The molecule has 0 bridgehead atoms. The van der Waals surface area contributed by atoms with Gasteiger partial charge in [-0.2, -0.15) is 0 Å². The Morgan fingerprint density at radius 2 is 1.76 bits per heavy atom. The molecule has 1 aliphatic rings. The zero-order valence-electron chi connectivity index (χ0n) is 16.7. The van der Waals surface area contributed by atoms with Crippen molar-refractivity contribution in [3.05, 3.63) is 52.7 Å². The number of anilines is 1. The molecule has 3 rings (SSSR count). The maximum atomic E-state index is 12.8. The second-order valence-corrected chi connectivity index (χ2v) is 7.35. The molecule has 1 aliphatic heterocycles. The van der Waals surface area contributed by atoms with Gasteiger partial charge in [0.25, 0.3) is 5.91 Å². The number of halogens is 1. The molecule has 1 fully saturated rings. The van der Waals surface area contributed by atoms with Gasteiger partial charge in [-0.1, -0.05) is 29.8 Å². The second-order valence-electron chi connectivity index (χ2n) is 6.95. The van der Waals surface area contributed by atoms with Gasteiger partial charge in [-0.15, -0.1) is 10.2 Å². The fourth-order valence-corrected chi connectivity index (χ4v) is 3.54. The van der Waals surface area contributed by atoms with Crippen LogP contribution in [0.15, 0.2) is 36.4 Å². The number of amides is 1. The molecule has 1 saturated heterocycles. The lowest BCUT2D eigenvalue weighted by Crippen LogP contribution is -2.51. The monoisotopic (exact) mass is 417 g/mol. The van der Waals surface area contributed by atoms with E-state index in [1.807, 2.05) is 42.1 Å². The van der Waals surface area contributed by atoms with Crippen LogP contribution in [0.3, 0.4) is 0 Å². The van der Waals surface area contributed by atoms with Crippen LogP contribution in [0.2, 0.25) is 5.02 Å². The Balaban J connectivity index is 1.70. The van der Waals surface area contributed by atoms with Crippen molar-refractivity contribution < 1.29 is 14.3 Å². The highest BCUT2D eigenvalue weighted by Gasteiger charge is 2.34. The summed E-state index contributed by atoms with van der Waals surface area (Å²) >= 11 is 6.32. The summed E-state index contributed by atoms with van der Waals surface area (Å²) < 4.78 is 5.01. The van der Waals surface area contributed by atoms with Crippen LogP contribution >= 0.6 is 11.6 Å². The van der Waals surface area contributed by atoms with E-state index in [2.05, 4.69) is 10.2 Å². The lowest BCUT2D eigenvalue weighted by Gasteiger charge is -2.38. The molecule has 29 heavy (non-hydrogen) atoms. The fraction of sp³-hybridized carbons (Fsp3) is 0.400. The first-order chi connectivity index (χ1) is 13.9. The Hall–Kier alpha value is -2.71. The van der Waals surface area contributed by atoms with Crippen LogP contribution in [0.25, 0.3) is 0 Å². The number of methoxy groups -OCH3 is 1. The fourth-order valence-electron chi connectivity index (χ4n) is 3.30. The summed E-state index contributed by atoms with van der Waals surface area (Å²) in [5.74, 6) is 0.143. The third-order valence-corrected chi connectivity index (χ3v) is 5.26. The van der Waals surface area contributed by atoms with Crippen molar-refractivity contribution in [1.82, 2.24) is 20.0 Å². The predicted molar refractivity (Wildman–Crippen MR) is 110 cm³/mol. The normalized spacial score (nSPS) is 15.7. The van der Waals surface area contributed by atoms with Gasteiger partial charge in [0.1, 0.15) is 6.04 Å². The third kappa shape index (κ3) is 4.65. The summed E-state index contributed by atoms with van der Waals surface area (Å²) in [6, 6.07) is 10.1. The van der Waals surface area contributed by atoms with E-state index >= 15 is 0 Å². The van der Waals surface area contributed by atoms with E-state index in [-0.39, 0.29) is 11.9 Å². The van der Waals surface area contributed by atoms with Gasteiger partial charge in [0, 0.05) is 45.3 Å². The number of aromatic nitrogens is 2. The summed E-state index contributed by atoms with van der Waals surface area (Å²) in [4.78, 5) is 30.7. The molecule has 2 aromatic rings. The minimum absolute atomic E-state index is 0.171. The average molecular weight is 418 g/mol. The van der Waals surface area contributed by atoms with E-state index in [0.717, 1.165) is 0 Å². The van der Waals surface area contributed by atoms with E-state index in [4.69, 9.17) is 16.3 Å². The van der Waals surface area contributed by atoms with Gasteiger partial charge in [-0.05, 0) is 23.8 Å². The smallest absolute Gasteiger partial charge is 0.327 e. The topological polar surface area (TPSA) is 78.9 Å². The molecule has 154 valence electrons. The van der Waals surface area contributed by atoms with Crippen LogP contribution in [-0.2, 0) is 9.53 Å². The van der Waals surface area contributed by atoms with Gasteiger partial charge in [0.15, 0.2) is 11.5 Å². The molecule has 0 radical (unpaired) electrons. The Labute approximate surface area is 175 Å². The zero-order chi connectivity index (χ0) is 21.0. The van der Waals surface area contributed by atoms with Crippen LogP contribution in [0.1, 0.15) is 22.1 Å². The van der Waals surface area contributed by atoms with E-state index in [0.29, 0.717) is 48.3 Å². The molecule has 8 nitrogen and oxygen atoms in total. The second kappa shape index (κ2) is 9.19. The summed E-state index contributed by atoms with van der Waals surface area (Å²) in [6.45, 7) is 1.96. The summed E-state index contributed by atoms with van der Waals surface area (Å²) in [5.41, 5.74) is 1.01. The molecule has 9 heteroatoms. The molecule has 1 aromatic carbocycles. The minimum Gasteiger partial charge on any atom is -0.468 e. The lowest BCUT2D eigenvalue weighted by atomic mass is 10.0. The Morgan fingerprint density at radius 3 is 2.31 bits per heavy atom. The van der Waals surface area contributed by atoms with Crippen LogP contribution in [0.5, 0.6) is 0 Å². The van der Waals surface area contributed by atoms with Gasteiger partial charge in [0.2, 0.25) is 0 Å². The van der Waals surface area contributed by atoms with Crippen molar-refractivity contribution in [2.24, 2.45) is 0 Å². The maximum absolute atomic E-state index is 12.8. The standard InChI is InChI=1S/C20H24ClN5O3/c1-24(2)17-9-8-16(22-23-17)19(27)26-12-10-25(11-13-26)18(20(28)29-3)14-6-4-5-7-15(14)21/h4-9,18H,10-13H2,1-3H3. The highest BCUT2D eigenvalue weighted by Crippen LogP contribution is 2.29. The number of carbonyl (C=O) groups is 2. The molecule has 1 unspecified atom stereocenters. The number of esters is 1. The van der Waals surface area contributed by atoms with Crippen LogP contribution < -0.4 is 4.90 Å². The van der Waals surface area contributed by atoms with Crippen molar-refractivity contribution in [1.29, 1.82) is 0 Å². The molecule has 0 spiro atoms. The average Bonchev–Trinajstić information content (AvgIpc) is 2.75. The lowest BCUT2D eigenvalue weighted by molar-refractivity contribution is -0.148. The highest BCUT2D eigenvalue weighted by molar-refractivity contribution is 6.31. The molecule has 1 aromatic heterocycles. The molecule has 0 saturated carbocycles. The van der Waals surface area contributed by atoms with Crippen LogP contribution in [0, 0.1) is 0 Å². The molecule has 2 heterocycles. The number of ether oxygens (including phenoxy) is 1. The van der Waals surface area contributed by atoms with Gasteiger partial charge in [0.05, 0.1) is 7.11 Å². The Kier molecular flexibility index (Phi) is 6.66. The van der Waals surface area contributed by atoms with Crippen LogP contribution in [-0.4, -0.2) is 79.3 Å². The SMILES string of the molecule is COC(=O)C(c1ccccc1Cl)N1CCN(C(=O)c2ccc(N(C)C)nn2)CC1. The molecular weight excluding hydrogens is 394 g/mol. The van der Waals surface area contributed by atoms with Crippen molar-refractivity contribution >= 4 is 29.3 Å². The first kappa shape index (κ1) is 21.0. The number of hydrogen-bond donors (Lipinski definition) is 0. The van der Waals surface area contributed by atoms with Gasteiger partial charge >= 0.3 is 5.97 Å². The van der Waals surface area contributed by atoms with Crippen molar-refractivity contribution in [3.8, 4) is 0 Å². The summed E-state index contributed by atoms with van der Waals surface area (Å²) in [5, 5.41) is 8.62. The number of hydrogen-bond acceptors (Lipinski definition) is 7.